The van der Waals surface area contributed by atoms with Crippen molar-refractivity contribution in [2.75, 3.05) is 4.90 Å². The zero-order chi connectivity index (χ0) is 44.4. The number of para-hydroxylation sites is 2. The summed E-state index contributed by atoms with van der Waals surface area (Å²) in [6.07, 6.45) is 0. The van der Waals surface area contributed by atoms with Crippen LogP contribution in [0.3, 0.4) is 0 Å². The molecule has 4 heterocycles. The molecule has 0 fully saturated rings. The van der Waals surface area contributed by atoms with Crippen molar-refractivity contribution in [3.05, 3.63) is 212 Å². The van der Waals surface area contributed by atoms with Gasteiger partial charge in [-0.3, -0.25) is 0 Å². The van der Waals surface area contributed by atoms with E-state index in [-0.39, 0.29) is 6.71 Å². The fourth-order valence-electron chi connectivity index (χ4n) is 12.6. The normalized spacial score (nSPS) is 16.4. The first-order valence-electron chi connectivity index (χ1n) is 23.6. The smallest absolute Gasteiger partial charge is 0.244 e. The molecular weight excluding hydrogens is 806 g/mol. The number of anilines is 3. The lowest BCUT2D eigenvalue weighted by molar-refractivity contribution is 0.735. The molecule has 2 spiro atoms. The van der Waals surface area contributed by atoms with Crippen molar-refractivity contribution in [2.24, 2.45) is 0 Å². The van der Waals surface area contributed by atoms with E-state index in [4.69, 9.17) is 0 Å². The minimum absolute atomic E-state index is 0.145. The van der Waals surface area contributed by atoms with Gasteiger partial charge in [0, 0.05) is 15.5 Å². The maximum absolute atomic E-state index is 2.58. The summed E-state index contributed by atoms with van der Waals surface area (Å²) in [4.78, 5) is 5.27. The van der Waals surface area contributed by atoms with Crippen LogP contribution in [0.4, 0.5) is 17.1 Å². The van der Waals surface area contributed by atoms with Crippen molar-refractivity contribution in [3.63, 3.8) is 0 Å². The Morgan fingerprint density at radius 2 is 0.953 bits per heavy atom. The molecule has 0 atom stereocenters. The quantitative estimate of drug-likeness (QED) is 0.159. The Balaban J connectivity index is 1.15. The molecule has 0 unspecified atom stereocenters. The van der Waals surface area contributed by atoms with Crippen LogP contribution in [0, 0.1) is 0 Å². The van der Waals surface area contributed by atoms with Gasteiger partial charge in [-0.2, -0.15) is 0 Å². The summed E-state index contributed by atoms with van der Waals surface area (Å²) in [5.74, 6) is 1.27. The van der Waals surface area contributed by atoms with E-state index in [1.54, 1.807) is 10.4 Å². The molecule has 316 valence electrons. The maximum atomic E-state index is 2.58. The summed E-state index contributed by atoms with van der Waals surface area (Å²) in [5, 5.41) is 6.24. The Labute approximate surface area is 387 Å². The largest absolute Gasteiger partial charge is 0.310 e. The Morgan fingerprint density at radius 1 is 0.484 bits per heavy atom. The van der Waals surface area contributed by atoms with E-state index in [0.29, 0.717) is 17.8 Å². The van der Waals surface area contributed by atoms with Crippen LogP contribution in [0.15, 0.2) is 183 Å². The van der Waals surface area contributed by atoms with Crippen molar-refractivity contribution >= 4 is 70.4 Å². The number of benzene rings is 7. The minimum Gasteiger partial charge on any atom is -0.310 e. The summed E-state index contributed by atoms with van der Waals surface area (Å²) in [6.45, 7) is 24.0. The van der Waals surface area contributed by atoms with E-state index in [2.05, 4.69) is 226 Å². The molecule has 0 saturated heterocycles. The summed E-state index contributed by atoms with van der Waals surface area (Å²) < 4.78 is 0. The zero-order valence-electron chi connectivity index (χ0n) is 39.1. The molecule has 11 rings (SSSR count). The van der Waals surface area contributed by atoms with Crippen molar-refractivity contribution in [2.45, 2.75) is 102 Å². The van der Waals surface area contributed by atoms with E-state index >= 15 is 0 Å². The molecule has 0 saturated carbocycles. The summed E-state index contributed by atoms with van der Waals surface area (Å²) in [5.41, 5.74) is 20.4. The van der Waals surface area contributed by atoms with Gasteiger partial charge in [-0.25, -0.2) is 0 Å². The molecule has 0 amide bonds. The monoisotopic (exact) mass is 863 g/mol. The topological polar surface area (TPSA) is 3.24 Å². The summed E-state index contributed by atoms with van der Waals surface area (Å²) >= 11 is 1.94. The fourth-order valence-corrected chi connectivity index (χ4v) is 19.8. The SMILES string of the molecule is CC1=C(C)[Si]2(C(C)=C1C)c1ccccc1C1(c3ccccc3N(c3ccc4c(c3)Sc3ccccc3B4c3c(C(C)C)cc(C(C)C)cc3C(C)C)c3ccccc31)c1ccccc12. The molecule has 7 aromatic rings. The molecule has 0 N–H and O–H groups in total. The molecule has 4 aliphatic heterocycles. The van der Waals surface area contributed by atoms with Crippen molar-refractivity contribution in [1.29, 1.82) is 0 Å². The van der Waals surface area contributed by atoms with Gasteiger partial charge in [0.25, 0.3) is 0 Å². The highest BCUT2D eigenvalue weighted by molar-refractivity contribution is 8.00. The minimum atomic E-state index is -2.50. The molecule has 64 heavy (non-hydrogen) atoms. The van der Waals surface area contributed by atoms with Crippen molar-refractivity contribution < 1.29 is 0 Å². The van der Waals surface area contributed by atoms with Crippen molar-refractivity contribution in [3.8, 4) is 0 Å². The number of hydrogen-bond acceptors (Lipinski definition) is 2. The van der Waals surface area contributed by atoms with Crippen LogP contribution in [0.25, 0.3) is 0 Å². The van der Waals surface area contributed by atoms with E-state index in [1.165, 1.54) is 104 Å². The molecule has 4 aliphatic rings. The number of nitrogens with zero attached hydrogens (tertiary/aromatic N) is 1. The van der Waals surface area contributed by atoms with Crippen LogP contribution in [0.5, 0.6) is 0 Å². The molecule has 4 heteroatoms. The molecule has 0 aliphatic carbocycles. The second-order valence-corrected chi connectivity index (χ2v) is 25.0. The number of hydrogen-bond donors (Lipinski definition) is 0. The molecule has 7 aromatic carbocycles. The molecule has 0 aromatic heterocycles. The van der Waals surface area contributed by atoms with E-state index in [1.807, 2.05) is 11.8 Å². The second-order valence-electron chi connectivity index (χ2n) is 19.8. The van der Waals surface area contributed by atoms with Crippen LogP contribution >= 0.6 is 11.8 Å². The van der Waals surface area contributed by atoms with Gasteiger partial charge >= 0.3 is 0 Å². The lowest BCUT2D eigenvalue weighted by atomic mass is 9.34. The van der Waals surface area contributed by atoms with Crippen LogP contribution < -0.4 is 31.7 Å². The summed E-state index contributed by atoms with van der Waals surface area (Å²) in [6, 6.07) is 59.5. The van der Waals surface area contributed by atoms with Gasteiger partial charge in [-0.05, 0) is 125 Å². The van der Waals surface area contributed by atoms with Gasteiger partial charge in [0.1, 0.15) is 0 Å². The zero-order valence-corrected chi connectivity index (χ0v) is 40.9. The Hall–Kier alpha value is -5.55. The first-order chi connectivity index (χ1) is 30.9. The third-order valence-electron chi connectivity index (χ3n) is 15.9. The lowest BCUT2D eigenvalue weighted by Crippen LogP contribution is -2.68. The first kappa shape index (κ1) is 41.2. The van der Waals surface area contributed by atoms with Gasteiger partial charge < -0.3 is 4.90 Å². The first-order valence-corrected chi connectivity index (χ1v) is 26.4. The fraction of sp³-hybridized carbons (Fsp3) is 0.233. The van der Waals surface area contributed by atoms with Gasteiger partial charge in [0.2, 0.25) is 6.71 Å². The van der Waals surface area contributed by atoms with Gasteiger partial charge in [-0.1, -0.05) is 213 Å². The molecule has 1 nitrogen and oxygen atoms in total. The van der Waals surface area contributed by atoms with Crippen LogP contribution in [-0.2, 0) is 5.41 Å². The number of allylic oxidation sites excluding steroid dienone is 4. The van der Waals surface area contributed by atoms with E-state index in [9.17, 15) is 0 Å². The highest BCUT2D eigenvalue weighted by Crippen LogP contribution is 2.59. The average molecular weight is 864 g/mol. The predicted octanol–water partition coefficient (Wildman–Crippen LogP) is 12.8. The second kappa shape index (κ2) is 15.0. The van der Waals surface area contributed by atoms with Gasteiger partial charge in [0.15, 0.2) is 8.07 Å². The average Bonchev–Trinajstić information content (AvgIpc) is 3.48. The molecule has 0 bridgehead atoms. The molecule has 0 radical (unpaired) electrons. The standard InChI is InChI=1S/C60H58BNSSi/c1-36(2)43-33-45(37(3)4)59(46(34-43)38(5)6)61-51-25-15-18-28-55(51)63-56-35-44(31-32-52(56)61)62-53-26-16-11-21-47(53)60(48-22-12-17-27-54(48)62)49-23-13-19-29-57(49)64(58-30-20-14-24-50(58)60)41(9)39(7)40(8)42(64)10/h11-38H,1-10H3. The highest BCUT2D eigenvalue weighted by Gasteiger charge is 2.59. The van der Waals surface area contributed by atoms with Gasteiger partial charge in [0.05, 0.1) is 16.8 Å². The van der Waals surface area contributed by atoms with Crippen molar-refractivity contribution in [1.82, 2.24) is 0 Å². The third-order valence-corrected chi connectivity index (χ3v) is 22.5. The van der Waals surface area contributed by atoms with Crippen LogP contribution in [0.2, 0.25) is 0 Å². The third kappa shape index (κ3) is 5.45. The number of fused-ring (bicyclic) bond motifs is 12. The van der Waals surface area contributed by atoms with Gasteiger partial charge in [-0.15, -0.1) is 0 Å². The van der Waals surface area contributed by atoms with Crippen LogP contribution in [0.1, 0.15) is 126 Å². The van der Waals surface area contributed by atoms with E-state index in [0.717, 1.165) is 0 Å². The highest BCUT2D eigenvalue weighted by atomic mass is 32.2. The number of rotatable bonds is 5. The Kier molecular flexibility index (Phi) is 9.66. The van der Waals surface area contributed by atoms with E-state index < -0.39 is 13.5 Å². The maximum Gasteiger partial charge on any atom is 0.244 e. The Morgan fingerprint density at radius 3 is 1.48 bits per heavy atom. The predicted molar refractivity (Wildman–Crippen MR) is 279 cm³/mol. The Bertz CT molecular complexity index is 3000. The lowest BCUT2D eigenvalue weighted by Gasteiger charge is -2.53. The summed E-state index contributed by atoms with van der Waals surface area (Å²) in [7, 11) is -2.50. The molecular formula is C60H58BNSSi. The van der Waals surface area contributed by atoms with Crippen LogP contribution in [-0.4, -0.2) is 14.8 Å².